The van der Waals surface area contributed by atoms with Gasteiger partial charge in [0.15, 0.2) is 0 Å². The van der Waals surface area contributed by atoms with E-state index in [0.717, 1.165) is 5.01 Å². The number of hydrogen-bond donors (Lipinski definition) is 2. The number of carbonyl (C=O) groups is 1. The van der Waals surface area contributed by atoms with Gasteiger partial charge in [-0.1, -0.05) is 5.21 Å². The summed E-state index contributed by atoms with van der Waals surface area (Å²) in [6, 6.07) is -0.944. The zero-order chi connectivity index (χ0) is 12.3. The average Bonchev–Trinajstić information content (AvgIpc) is 2.91. The molecule has 90 valence electrons. The highest BCUT2D eigenvalue weighted by Gasteiger charge is 2.14. The molecule has 1 atom stereocenters. The maximum atomic E-state index is 10.6. The summed E-state index contributed by atoms with van der Waals surface area (Å²) >= 11 is 1.53. The molecule has 2 heterocycles. The monoisotopic (exact) mass is 253 g/mol. The van der Waals surface area contributed by atoms with Crippen LogP contribution in [0.15, 0.2) is 17.8 Å². The summed E-state index contributed by atoms with van der Waals surface area (Å²) in [5.74, 6) is -1.04. The lowest BCUT2D eigenvalue weighted by Gasteiger charge is -2.01. The number of aromatic nitrogens is 4. The van der Waals surface area contributed by atoms with E-state index in [1.54, 1.807) is 17.1 Å². The van der Waals surface area contributed by atoms with Gasteiger partial charge in [0, 0.05) is 24.2 Å². The van der Waals surface area contributed by atoms with Gasteiger partial charge in [0.2, 0.25) is 0 Å². The standard InChI is InChI=1S/C9H11N5O2S/c10-7(9(15)16)3-6-4-14(13-12-6)5-8-11-1-2-17-8/h1-2,4,7H,3,5,10H2,(H,15,16). The minimum atomic E-state index is -1.04. The highest BCUT2D eigenvalue weighted by Crippen LogP contribution is 2.06. The Kier molecular flexibility index (Phi) is 3.45. The fourth-order valence-electron chi connectivity index (χ4n) is 1.29. The van der Waals surface area contributed by atoms with Gasteiger partial charge in [-0.3, -0.25) is 4.79 Å². The Morgan fingerprint density at radius 2 is 2.47 bits per heavy atom. The molecule has 0 fully saturated rings. The molecule has 17 heavy (non-hydrogen) atoms. The van der Waals surface area contributed by atoms with Crippen molar-refractivity contribution < 1.29 is 9.90 Å². The highest BCUT2D eigenvalue weighted by molar-refractivity contribution is 7.09. The van der Waals surface area contributed by atoms with Crippen LogP contribution in [0.5, 0.6) is 0 Å². The third-order valence-electron chi connectivity index (χ3n) is 2.11. The number of rotatable bonds is 5. The molecule has 0 spiro atoms. The molecule has 0 aromatic carbocycles. The van der Waals surface area contributed by atoms with Gasteiger partial charge in [0.25, 0.3) is 0 Å². The molecular formula is C9H11N5O2S. The first-order valence-electron chi connectivity index (χ1n) is 4.91. The Morgan fingerprint density at radius 1 is 1.65 bits per heavy atom. The number of hydrogen-bond acceptors (Lipinski definition) is 6. The zero-order valence-electron chi connectivity index (χ0n) is 8.85. The SMILES string of the molecule is NC(Cc1cn(Cc2nccs2)nn1)C(=O)O. The molecule has 1 unspecified atom stereocenters. The number of nitrogens with zero attached hydrogens (tertiary/aromatic N) is 4. The number of aliphatic carboxylic acids is 1. The second-order valence-corrected chi connectivity index (χ2v) is 4.46. The van der Waals surface area contributed by atoms with Crippen LogP contribution < -0.4 is 5.73 Å². The van der Waals surface area contributed by atoms with Gasteiger partial charge >= 0.3 is 5.97 Å². The van der Waals surface area contributed by atoms with Gasteiger partial charge in [0.1, 0.15) is 11.0 Å². The second kappa shape index (κ2) is 5.02. The molecule has 2 aromatic rings. The van der Waals surface area contributed by atoms with Crippen molar-refractivity contribution in [1.29, 1.82) is 0 Å². The fourth-order valence-corrected chi connectivity index (χ4v) is 1.90. The summed E-state index contributed by atoms with van der Waals surface area (Å²) in [5.41, 5.74) is 5.97. The first kappa shape index (κ1) is 11.7. The molecule has 0 aliphatic carbocycles. The van der Waals surface area contributed by atoms with Crippen LogP contribution in [-0.2, 0) is 17.8 Å². The lowest BCUT2D eigenvalue weighted by molar-refractivity contribution is -0.138. The smallest absolute Gasteiger partial charge is 0.320 e. The lowest BCUT2D eigenvalue weighted by atomic mass is 10.2. The molecule has 2 rings (SSSR count). The first-order chi connectivity index (χ1) is 8.15. The van der Waals surface area contributed by atoms with Gasteiger partial charge in [0.05, 0.1) is 12.2 Å². The molecule has 0 saturated heterocycles. The molecule has 0 amide bonds. The van der Waals surface area contributed by atoms with Crippen molar-refractivity contribution in [2.24, 2.45) is 5.73 Å². The van der Waals surface area contributed by atoms with Crippen molar-refractivity contribution >= 4 is 17.3 Å². The summed E-state index contributed by atoms with van der Waals surface area (Å²) in [7, 11) is 0. The summed E-state index contributed by atoms with van der Waals surface area (Å²) < 4.78 is 1.61. The molecule has 0 aliphatic heterocycles. The Hall–Kier alpha value is -1.80. The van der Waals surface area contributed by atoms with Crippen molar-refractivity contribution in [3.63, 3.8) is 0 Å². The minimum absolute atomic E-state index is 0.174. The minimum Gasteiger partial charge on any atom is -0.480 e. The van der Waals surface area contributed by atoms with E-state index in [1.807, 2.05) is 5.38 Å². The molecule has 0 saturated carbocycles. The van der Waals surface area contributed by atoms with Crippen molar-refractivity contribution in [3.05, 3.63) is 28.5 Å². The van der Waals surface area contributed by atoms with Gasteiger partial charge in [-0.2, -0.15) is 0 Å². The van der Waals surface area contributed by atoms with E-state index < -0.39 is 12.0 Å². The molecule has 2 aromatic heterocycles. The van der Waals surface area contributed by atoms with Crippen molar-refractivity contribution in [2.75, 3.05) is 0 Å². The van der Waals surface area contributed by atoms with Crippen molar-refractivity contribution in [1.82, 2.24) is 20.0 Å². The largest absolute Gasteiger partial charge is 0.480 e. The summed E-state index contributed by atoms with van der Waals surface area (Å²) in [5, 5.41) is 19.2. The molecule has 0 radical (unpaired) electrons. The second-order valence-electron chi connectivity index (χ2n) is 3.48. The normalized spacial score (nSPS) is 12.5. The van der Waals surface area contributed by atoms with Gasteiger partial charge in [-0.05, 0) is 0 Å². The van der Waals surface area contributed by atoms with Crippen molar-refractivity contribution in [3.8, 4) is 0 Å². The van der Waals surface area contributed by atoms with Crippen LogP contribution in [-0.4, -0.2) is 37.1 Å². The van der Waals surface area contributed by atoms with Crippen LogP contribution in [0.1, 0.15) is 10.7 Å². The number of carboxylic acids is 1. The van der Waals surface area contributed by atoms with Crippen molar-refractivity contribution in [2.45, 2.75) is 19.0 Å². The molecule has 3 N–H and O–H groups in total. The third kappa shape index (κ3) is 3.08. The first-order valence-corrected chi connectivity index (χ1v) is 5.79. The lowest BCUT2D eigenvalue weighted by Crippen LogP contribution is -2.32. The summed E-state index contributed by atoms with van der Waals surface area (Å²) in [6.07, 6.45) is 3.58. The topological polar surface area (TPSA) is 107 Å². The maximum absolute atomic E-state index is 10.6. The van der Waals surface area contributed by atoms with Crippen LogP contribution in [0.4, 0.5) is 0 Å². The quantitative estimate of drug-likeness (QED) is 0.760. The molecular weight excluding hydrogens is 242 g/mol. The number of nitrogens with two attached hydrogens (primary N) is 1. The fraction of sp³-hybridized carbons (Fsp3) is 0.333. The van der Waals surface area contributed by atoms with E-state index in [9.17, 15) is 4.79 Å². The highest BCUT2D eigenvalue weighted by atomic mass is 32.1. The Balaban J connectivity index is 1.98. The van der Waals surface area contributed by atoms with E-state index in [0.29, 0.717) is 12.2 Å². The van der Waals surface area contributed by atoms with Crippen LogP contribution >= 0.6 is 11.3 Å². The van der Waals surface area contributed by atoms with E-state index >= 15 is 0 Å². The molecule has 8 heteroatoms. The zero-order valence-corrected chi connectivity index (χ0v) is 9.67. The van der Waals surface area contributed by atoms with E-state index in [2.05, 4.69) is 15.3 Å². The van der Waals surface area contributed by atoms with Crippen LogP contribution in [0.3, 0.4) is 0 Å². The summed E-state index contributed by atoms with van der Waals surface area (Å²) in [4.78, 5) is 14.7. The van der Waals surface area contributed by atoms with Crippen LogP contribution in [0.25, 0.3) is 0 Å². The Morgan fingerprint density at radius 3 is 3.12 bits per heavy atom. The van der Waals surface area contributed by atoms with Gasteiger partial charge in [-0.25, -0.2) is 9.67 Å². The van der Waals surface area contributed by atoms with Crippen LogP contribution in [0, 0.1) is 0 Å². The summed E-state index contributed by atoms with van der Waals surface area (Å²) in [6.45, 7) is 0.535. The predicted octanol–water partition coefficient (Wildman–Crippen LogP) is -0.263. The third-order valence-corrected chi connectivity index (χ3v) is 2.88. The van der Waals surface area contributed by atoms with E-state index in [1.165, 1.54) is 11.3 Å². The van der Waals surface area contributed by atoms with E-state index in [4.69, 9.17) is 10.8 Å². The average molecular weight is 253 g/mol. The molecule has 0 aliphatic rings. The maximum Gasteiger partial charge on any atom is 0.320 e. The molecule has 7 nitrogen and oxygen atoms in total. The van der Waals surface area contributed by atoms with Gasteiger partial charge in [-0.15, -0.1) is 16.4 Å². The molecule has 0 bridgehead atoms. The predicted molar refractivity (Wildman–Crippen MR) is 60.6 cm³/mol. The van der Waals surface area contributed by atoms with E-state index in [-0.39, 0.29) is 6.42 Å². The number of thiazole rings is 1. The van der Waals surface area contributed by atoms with Crippen LogP contribution in [0.2, 0.25) is 0 Å². The number of carboxylic acid groups (broad SMARTS) is 1. The Labute approximate surface area is 101 Å². The Bertz CT molecular complexity index is 495. The van der Waals surface area contributed by atoms with Gasteiger partial charge < -0.3 is 10.8 Å².